The van der Waals surface area contributed by atoms with Crippen LogP contribution in [0.4, 0.5) is 13.2 Å². The summed E-state index contributed by atoms with van der Waals surface area (Å²) in [6, 6.07) is 8.41. The van der Waals surface area contributed by atoms with E-state index in [0.717, 1.165) is 0 Å². The van der Waals surface area contributed by atoms with Gasteiger partial charge < -0.3 is 4.52 Å². The number of benzene rings is 1. The summed E-state index contributed by atoms with van der Waals surface area (Å²) in [5, 5.41) is 0.508. The number of alkyl halides is 3. The zero-order valence-electron chi connectivity index (χ0n) is 13.8. The van der Waals surface area contributed by atoms with E-state index in [-0.39, 0.29) is 0 Å². The fourth-order valence-corrected chi connectivity index (χ4v) is 7.46. The highest BCUT2D eigenvalue weighted by molar-refractivity contribution is 7.75. The van der Waals surface area contributed by atoms with Crippen molar-refractivity contribution in [1.29, 1.82) is 0 Å². The molecule has 0 N–H and O–H groups in total. The van der Waals surface area contributed by atoms with Gasteiger partial charge in [0.25, 0.3) is 0 Å². The van der Waals surface area contributed by atoms with E-state index in [1.54, 1.807) is 58.5 Å². The van der Waals surface area contributed by atoms with Crippen LogP contribution in [0.2, 0.25) is 0 Å². The van der Waals surface area contributed by atoms with Crippen molar-refractivity contribution in [3.05, 3.63) is 30.3 Å². The second kappa shape index (κ2) is 7.49. The highest BCUT2D eigenvalue weighted by Gasteiger charge is 2.35. The minimum atomic E-state index is -4.48. The summed E-state index contributed by atoms with van der Waals surface area (Å²) >= 11 is 0. The standard InChI is InChI=1S/C13H22F3N3O2P2/c1-18(2)23(20,19(3)4)17-22(5,21-11-13(14,15)16)12-9-7-6-8-10-12/h6-10H,11H2,1-5H3. The number of hydrogen-bond acceptors (Lipinski definition) is 2. The van der Waals surface area contributed by atoms with Gasteiger partial charge in [-0.2, -0.15) is 17.7 Å². The molecule has 23 heavy (non-hydrogen) atoms. The highest BCUT2D eigenvalue weighted by atomic mass is 31.2. The Hall–Kier alpha value is -0.650. The van der Waals surface area contributed by atoms with Gasteiger partial charge in [-0.3, -0.25) is 4.57 Å². The minimum absolute atomic E-state index is 0.508. The molecule has 0 saturated heterocycles. The summed E-state index contributed by atoms with van der Waals surface area (Å²) in [5.74, 6) is 0. The SMILES string of the molecule is CN(C)P(=O)(N=P(C)(OCC(F)(F)F)c1ccccc1)N(C)C. The van der Waals surface area contributed by atoms with Gasteiger partial charge in [0.15, 0.2) is 0 Å². The first-order chi connectivity index (χ1) is 10.4. The van der Waals surface area contributed by atoms with Gasteiger partial charge in [-0.1, -0.05) is 30.3 Å². The van der Waals surface area contributed by atoms with Gasteiger partial charge in [-0.05, 0) is 34.9 Å². The lowest BCUT2D eigenvalue weighted by molar-refractivity contribution is -0.152. The van der Waals surface area contributed by atoms with Crippen molar-refractivity contribution >= 4 is 20.2 Å². The average molecular weight is 371 g/mol. The molecule has 0 aliphatic rings. The van der Waals surface area contributed by atoms with Crippen molar-refractivity contribution in [1.82, 2.24) is 9.34 Å². The van der Waals surface area contributed by atoms with Crippen LogP contribution in [0, 0.1) is 0 Å². The Labute approximate surface area is 135 Å². The van der Waals surface area contributed by atoms with E-state index in [2.05, 4.69) is 4.52 Å². The van der Waals surface area contributed by atoms with Crippen molar-refractivity contribution in [2.24, 2.45) is 4.52 Å². The summed E-state index contributed by atoms with van der Waals surface area (Å²) in [7, 11) is -0.181. The zero-order chi connectivity index (χ0) is 17.9. The largest absolute Gasteiger partial charge is 0.412 e. The third kappa shape index (κ3) is 5.44. The van der Waals surface area contributed by atoms with E-state index >= 15 is 0 Å². The van der Waals surface area contributed by atoms with Gasteiger partial charge in [0.05, 0.1) is 0 Å². The first-order valence-corrected chi connectivity index (χ1v) is 10.4. The zero-order valence-corrected chi connectivity index (χ0v) is 15.6. The molecule has 0 spiro atoms. The van der Waals surface area contributed by atoms with Gasteiger partial charge >= 0.3 is 13.8 Å². The van der Waals surface area contributed by atoms with E-state index in [1.807, 2.05) is 0 Å². The molecule has 0 aromatic heterocycles. The fourth-order valence-electron chi connectivity index (χ4n) is 1.80. The molecule has 10 heteroatoms. The first kappa shape index (κ1) is 20.4. The van der Waals surface area contributed by atoms with Crippen LogP contribution in [0.1, 0.15) is 0 Å². The van der Waals surface area contributed by atoms with Crippen LogP contribution < -0.4 is 5.30 Å². The normalized spacial score (nSPS) is 15.7. The van der Waals surface area contributed by atoms with Crippen LogP contribution in [0.3, 0.4) is 0 Å². The number of halogens is 3. The third-order valence-corrected chi connectivity index (χ3v) is 9.31. The number of nitrogens with zero attached hydrogens (tertiary/aromatic N) is 3. The Morgan fingerprint density at radius 1 is 1.09 bits per heavy atom. The van der Waals surface area contributed by atoms with Crippen molar-refractivity contribution in [3.8, 4) is 0 Å². The fraction of sp³-hybridized carbons (Fsp3) is 0.538. The van der Waals surface area contributed by atoms with E-state index < -0.39 is 27.7 Å². The lowest BCUT2D eigenvalue weighted by Gasteiger charge is -2.31. The monoisotopic (exact) mass is 371 g/mol. The second-order valence-electron chi connectivity index (χ2n) is 5.40. The predicted molar refractivity (Wildman–Crippen MR) is 88.3 cm³/mol. The number of rotatable bonds is 6. The van der Waals surface area contributed by atoms with Crippen molar-refractivity contribution in [2.75, 3.05) is 41.5 Å². The smallest absolute Gasteiger partial charge is 0.331 e. The second-order valence-corrected chi connectivity index (χ2v) is 11.3. The molecule has 0 bridgehead atoms. The molecule has 1 aromatic rings. The summed E-state index contributed by atoms with van der Waals surface area (Å²) in [6.07, 6.45) is -4.48. The molecule has 5 nitrogen and oxygen atoms in total. The van der Waals surface area contributed by atoms with Crippen LogP contribution in [0.25, 0.3) is 0 Å². The lowest BCUT2D eigenvalue weighted by Crippen LogP contribution is -2.22. The van der Waals surface area contributed by atoms with Gasteiger partial charge in [-0.15, -0.1) is 0 Å². The lowest BCUT2D eigenvalue weighted by atomic mass is 10.4. The maximum atomic E-state index is 13.1. The molecule has 0 aliphatic carbocycles. The molecule has 0 saturated carbocycles. The number of hydrogen-bond donors (Lipinski definition) is 0. The first-order valence-electron chi connectivity index (χ1n) is 6.74. The van der Waals surface area contributed by atoms with Crippen LogP contribution >= 0.6 is 14.9 Å². The Kier molecular flexibility index (Phi) is 6.64. The molecule has 1 rings (SSSR count). The molecule has 0 heterocycles. The maximum Gasteiger partial charge on any atom is 0.412 e. The van der Waals surface area contributed by atoms with Crippen molar-refractivity contribution in [3.63, 3.8) is 0 Å². The third-order valence-electron chi connectivity index (χ3n) is 3.04. The van der Waals surface area contributed by atoms with E-state index in [1.165, 1.54) is 16.0 Å². The Bertz CT molecular complexity index is 607. The molecule has 1 aromatic carbocycles. The van der Waals surface area contributed by atoms with Crippen LogP contribution in [-0.2, 0) is 9.09 Å². The summed E-state index contributed by atoms with van der Waals surface area (Å²) < 4.78 is 63.2. The van der Waals surface area contributed by atoms with Crippen molar-refractivity contribution < 1.29 is 22.3 Å². The summed E-state index contributed by atoms with van der Waals surface area (Å²) in [4.78, 5) is 0. The van der Waals surface area contributed by atoms with Crippen LogP contribution in [0.5, 0.6) is 0 Å². The van der Waals surface area contributed by atoms with Gasteiger partial charge in [0.2, 0.25) is 0 Å². The molecule has 1 unspecified atom stereocenters. The van der Waals surface area contributed by atoms with E-state index in [9.17, 15) is 17.7 Å². The Morgan fingerprint density at radius 3 is 1.96 bits per heavy atom. The minimum Gasteiger partial charge on any atom is -0.331 e. The topological polar surface area (TPSA) is 45.1 Å². The Balaban J connectivity index is 3.45. The Morgan fingerprint density at radius 2 is 1.57 bits per heavy atom. The summed E-state index contributed by atoms with van der Waals surface area (Å²) in [6.45, 7) is 0.0598. The van der Waals surface area contributed by atoms with Crippen LogP contribution in [-0.4, -0.2) is 57.0 Å². The average Bonchev–Trinajstić information content (AvgIpc) is 2.45. The van der Waals surface area contributed by atoms with Gasteiger partial charge in [-0.25, -0.2) is 9.34 Å². The molecular formula is C13H22F3N3O2P2. The van der Waals surface area contributed by atoms with Gasteiger partial charge in [0.1, 0.15) is 13.9 Å². The predicted octanol–water partition coefficient (Wildman–Crippen LogP) is 3.87. The molecular weight excluding hydrogens is 349 g/mol. The summed E-state index contributed by atoms with van der Waals surface area (Å²) in [5.41, 5.74) is 0. The molecule has 132 valence electrons. The molecule has 0 amide bonds. The molecule has 1 atom stereocenters. The molecule has 0 radical (unpaired) electrons. The van der Waals surface area contributed by atoms with Crippen LogP contribution in [0.15, 0.2) is 34.8 Å². The highest BCUT2D eigenvalue weighted by Crippen LogP contribution is 2.62. The quantitative estimate of drug-likeness (QED) is 0.713. The van der Waals surface area contributed by atoms with E-state index in [4.69, 9.17) is 4.52 Å². The molecule has 0 fully saturated rings. The van der Waals surface area contributed by atoms with Crippen molar-refractivity contribution in [2.45, 2.75) is 6.18 Å². The molecule has 0 aliphatic heterocycles. The maximum absolute atomic E-state index is 13.1. The van der Waals surface area contributed by atoms with E-state index in [0.29, 0.717) is 5.30 Å². The van der Waals surface area contributed by atoms with Gasteiger partial charge in [0, 0.05) is 5.30 Å².